The third-order valence-electron chi connectivity index (χ3n) is 4.30. The van der Waals surface area contributed by atoms with E-state index in [-0.39, 0.29) is 11.8 Å². The first kappa shape index (κ1) is 10.2. The van der Waals surface area contributed by atoms with Crippen LogP contribution in [0.1, 0.15) is 34.1 Å². The van der Waals surface area contributed by atoms with Crippen LogP contribution in [0.15, 0.2) is 48.5 Å². The molecule has 0 atom stereocenters. The van der Waals surface area contributed by atoms with E-state index in [1.807, 2.05) is 24.3 Å². The van der Waals surface area contributed by atoms with Crippen molar-refractivity contribution < 1.29 is 0 Å². The van der Waals surface area contributed by atoms with Crippen LogP contribution in [-0.4, -0.2) is 4.75 Å². The molecule has 1 nitrogen and oxygen atoms in total. The smallest absolute Gasteiger partial charge is 0.121 e. The average molecular weight is 249 g/mol. The van der Waals surface area contributed by atoms with Crippen LogP contribution in [0.25, 0.3) is 0 Å². The number of fused-ring (bicyclic) bond motifs is 8. The maximum absolute atomic E-state index is 9.62. The Balaban J connectivity index is 2.09. The van der Waals surface area contributed by atoms with Gasteiger partial charge in [0, 0.05) is 11.8 Å². The summed E-state index contributed by atoms with van der Waals surface area (Å²) in [5, 5.41) is 9.62. The van der Waals surface area contributed by atoms with Crippen molar-refractivity contribution in [1.82, 2.24) is 0 Å². The molecule has 86 valence electrons. The zero-order valence-electron chi connectivity index (χ0n) is 9.67. The van der Waals surface area contributed by atoms with E-state index in [1.54, 1.807) is 0 Å². The van der Waals surface area contributed by atoms with Crippen molar-refractivity contribution >= 4 is 12.6 Å². The van der Waals surface area contributed by atoms with Gasteiger partial charge in [-0.1, -0.05) is 48.5 Å². The van der Waals surface area contributed by atoms with Crippen molar-refractivity contribution in [1.29, 1.82) is 5.26 Å². The first-order valence-corrected chi connectivity index (χ1v) is 6.53. The molecule has 2 aliphatic rings. The van der Waals surface area contributed by atoms with E-state index < -0.39 is 4.75 Å². The topological polar surface area (TPSA) is 23.8 Å². The molecule has 0 fully saturated rings. The summed E-state index contributed by atoms with van der Waals surface area (Å²) in [5.74, 6) is 0.228. The number of rotatable bonds is 0. The van der Waals surface area contributed by atoms with Gasteiger partial charge in [0.2, 0.25) is 0 Å². The first-order valence-electron chi connectivity index (χ1n) is 6.08. The minimum atomic E-state index is -0.618. The molecule has 0 spiro atoms. The molecule has 4 rings (SSSR count). The molecule has 2 bridgehead atoms. The van der Waals surface area contributed by atoms with E-state index >= 15 is 0 Å². The number of thiol groups is 1. The van der Waals surface area contributed by atoms with Crippen LogP contribution in [0.5, 0.6) is 0 Å². The Morgan fingerprint density at radius 2 is 1.17 bits per heavy atom. The third-order valence-corrected chi connectivity index (χ3v) is 4.91. The van der Waals surface area contributed by atoms with Crippen LogP contribution in [0, 0.1) is 11.3 Å². The Bertz CT molecular complexity index is 601. The van der Waals surface area contributed by atoms with Crippen LogP contribution < -0.4 is 0 Å². The lowest BCUT2D eigenvalue weighted by atomic mass is 9.86. The maximum Gasteiger partial charge on any atom is 0.121 e. The second kappa shape index (κ2) is 3.18. The van der Waals surface area contributed by atoms with Crippen molar-refractivity contribution in [3.05, 3.63) is 70.8 Å². The molecule has 2 heteroatoms. The molecule has 0 unspecified atom stereocenters. The summed E-state index contributed by atoms with van der Waals surface area (Å²) in [6.45, 7) is 0. The molecule has 0 aliphatic heterocycles. The summed E-state index contributed by atoms with van der Waals surface area (Å²) in [6, 6.07) is 19.2. The van der Waals surface area contributed by atoms with Gasteiger partial charge < -0.3 is 0 Å². The molecule has 2 aromatic rings. The predicted octanol–water partition coefficient (Wildman–Crippen LogP) is 3.47. The lowest BCUT2D eigenvalue weighted by Gasteiger charge is -2.20. The molecule has 2 aliphatic carbocycles. The highest BCUT2D eigenvalue weighted by Gasteiger charge is 2.58. The normalized spacial score (nSPS) is 30.7. The minimum Gasteiger partial charge on any atom is -0.197 e. The highest BCUT2D eigenvalue weighted by molar-refractivity contribution is 7.82. The van der Waals surface area contributed by atoms with Gasteiger partial charge >= 0.3 is 0 Å². The van der Waals surface area contributed by atoms with Gasteiger partial charge in [-0.25, -0.2) is 0 Å². The fourth-order valence-electron chi connectivity index (χ4n) is 3.65. The Morgan fingerprint density at radius 1 is 0.833 bits per heavy atom. The van der Waals surface area contributed by atoms with Crippen LogP contribution in [0.3, 0.4) is 0 Å². The average Bonchev–Trinajstić information content (AvgIpc) is 2.84. The lowest BCUT2D eigenvalue weighted by Crippen LogP contribution is -2.23. The molecule has 0 radical (unpaired) electrons. The number of nitriles is 1. The summed E-state index contributed by atoms with van der Waals surface area (Å²) < 4.78 is -0.618. The largest absolute Gasteiger partial charge is 0.197 e. The van der Waals surface area contributed by atoms with Gasteiger partial charge in [-0.15, -0.1) is 0 Å². The number of nitrogens with zero attached hydrogens (tertiary/aromatic N) is 1. The summed E-state index contributed by atoms with van der Waals surface area (Å²) >= 11 is 4.76. The van der Waals surface area contributed by atoms with Gasteiger partial charge in [-0.05, 0) is 22.3 Å². The molecule has 0 heterocycles. The van der Waals surface area contributed by atoms with Crippen LogP contribution >= 0.6 is 12.6 Å². The minimum absolute atomic E-state index is 0.114. The van der Waals surface area contributed by atoms with Gasteiger partial charge in [-0.2, -0.15) is 17.9 Å². The second-order valence-electron chi connectivity index (χ2n) is 5.06. The van der Waals surface area contributed by atoms with Crippen molar-refractivity contribution in [3.63, 3.8) is 0 Å². The Hall–Kier alpha value is -1.72. The lowest BCUT2D eigenvalue weighted by molar-refractivity contribution is 0.694. The summed E-state index contributed by atoms with van der Waals surface area (Å²) in [4.78, 5) is 0. The number of hydrogen-bond donors (Lipinski definition) is 1. The van der Waals surface area contributed by atoms with Crippen molar-refractivity contribution in [2.24, 2.45) is 0 Å². The van der Waals surface area contributed by atoms with E-state index in [0.717, 1.165) is 0 Å². The van der Waals surface area contributed by atoms with Crippen LogP contribution in [0.2, 0.25) is 0 Å². The molecule has 2 aromatic carbocycles. The summed E-state index contributed by atoms with van der Waals surface area (Å²) in [5.41, 5.74) is 5.10. The fourth-order valence-corrected chi connectivity index (χ4v) is 4.21. The molecule has 18 heavy (non-hydrogen) atoms. The molecule has 0 N–H and O–H groups in total. The Labute approximate surface area is 111 Å². The fraction of sp³-hybridized carbons (Fsp3) is 0.188. The van der Waals surface area contributed by atoms with E-state index in [9.17, 15) is 5.26 Å². The number of hydrogen-bond acceptors (Lipinski definition) is 2. The van der Waals surface area contributed by atoms with E-state index in [1.165, 1.54) is 22.3 Å². The Morgan fingerprint density at radius 3 is 1.44 bits per heavy atom. The van der Waals surface area contributed by atoms with Crippen molar-refractivity contribution in [2.45, 2.75) is 16.6 Å². The SMILES string of the molecule is N#CC1(S)C2c3ccccc3C1c1ccccc12. The molecular formula is C16H11NS. The van der Waals surface area contributed by atoms with Crippen molar-refractivity contribution in [2.75, 3.05) is 0 Å². The van der Waals surface area contributed by atoms with E-state index in [4.69, 9.17) is 12.6 Å². The number of benzene rings is 2. The van der Waals surface area contributed by atoms with Gasteiger partial charge in [0.05, 0.1) is 6.07 Å². The van der Waals surface area contributed by atoms with Gasteiger partial charge in [0.25, 0.3) is 0 Å². The monoisotopic (exact) mass is 249 g/mol. The third kappa shape index (κ3) is 0.958. The van der Waals surface area contributed by atoms with E-state index in [2.05, 4.69) is 30.3 Å². The predicted molar refractivity (Wildman–Crippen MR) is 73.9 cm³/mol. The highest BCUT2D eigenvalue weighted by atomic mass is 32.1. The first-order chi connectivity index (χ1) is 8.77. The second-order valence-corrected chi connectivity index (χ2v) is 5.80. The molecule has 0 amide bonds. The van der Waals surface area contributed by atoms with Crippen molar-refractivity contribution in [3.8, 4) is 6.07 Å². The van der Waals surface area contributed by atoms with Crippen LogP contribution in [-0.2, 0) is 0 Å². The van der Waals surface area contributed by atoms with Gasteiger partial charge in [-0.3, -0.25) is 0 Å². The van der Waals surface area contributed by atoms with Crippen LogP contribution in [0.4, 0.5) is 0 Å². The Kier molecular flexibility index (Phi) is 1.81. The zero-order chi connectivity index (χ0) is 12.3. The molecular weight excluding hydrogens is 238 g/mol. The summed E-state index contributed by atoms with van der Waals surface area (Å²) in [6.07, 6.45) is 0. The quantitative estimate of drug-likeness (QED) is 0.710. The zero-order valence-corrected chi connectivity index (χ0v) is 10.6. The van der Waals surface area contributed by atoms with E-state index in [0.29, 0.717) is 0 Å². The van der Waals surface area contributed by atoms with Gasteiger partial charge in [0.15, 0.2) is 0 Å². The molecule has 0 aromatic heterocycles. The molecule has 0 saturated heterocycles. The highest BCUT2D eigenvalue weighted by Crippen LogP contribution is 2.64. The maximum atomic E-state index is 9.62. The standard InChI is InChI=1S/C16H11NS/c17-9-16(18)14-10-5-1-2-6-11(10)15(16)13-8-4-3-7-12(13)14/h1-8,14-15,18H. The van der Waals surface area contributed by atoms with Gasteiger partial charge in [0.1, 0.15) is 4.75 Å². The summed E-state index contributed by atoms with van der Waals surface area (Å²) in [7, 11) is 0. The molecule has 0 saturated carbocycles.